The van der Waals surface area contributed by atoms with Gasteiger partial charge in [0.15, 0.2) is 0 Å². The van der Waals surface area contributed by atoms with Gasteiger partial charge in [-0.3, -0.25) is 0 Å². The fraction of sp³-hybridized carbons (Fsp3) is 0.200. The standard InChI is InChI=1S/C5H5NO5/c6-5(8)11-3(7)4-9-1-2-10-4/h1-2,4H,(H2,6,8). The minimum atomic E-state index is -1.21. The number of ether oxygens (including phenoxy) is 3. The van der Waals surface area contributed by atoms with Crippen LogP contribution in [0.3, 0.4) is 0 Å². The van der Waals surface area contributed by atoms with Crippen molar-refractivity contribution in [1.82, 2.24) is 0 Å². The maximum atomic E-state index is 10.6. The van der Waals surface area contributed by atoms with Crippen molar-refractivity contribution in [2.24, 2.45) is 5.73 Å². The molecule has 0 unspecified atom stereocenters. The minimum absolute atomic E-state index is 0.970. The Morgan fingerprint density at radius 3 is 2.36 bits per heavy atom. The average Bonchev–Trinajstić information content (AvgIpc) is 2.35. The highest BCUT2D eigenvalue weighted by Gasteiger charge is 2.25. The number of rotatable bonds is 1. The van der Waals surface area contributed by atoms with Crippen LogP contribution in [0.2, 0.25) is 0 Å². The second-order valence-corrected chi connectivity index (χ2v) is 1.62. The number of nitrogens with two attached hydrogens (primary N) is 1. The molecule has 0 bridgehead atoms. The van der Waals surface area contributed by atoms with Gasteiger partial charge < -0.3 is 19.9 Å². The molecule has 1 rings (SSSR count). The summed E-state index contributed by atoms with van der Waals surface area (Å²) in [5.74, 6) is -0.970. The average molecular weight is 159 g/mol. The van der Waals surface area contributed by atoms with Crippen LogP contribution >= 0.6 is 0 Å². The molecule has 0 aromatic rings. The van der Waals surface area contributed by atoms with Crippen LogP contribution in [0, 0.1) is 0 Å². The molecule has 0 aromatic heterocycles. The van der Waals surface area contributed by atoms with Gasteiger partial charge in [-0.25, -0.2) is 9.59 Å². The smallest absolute Gasteiger partial charge is 0.412 e. The Kier molecular flexibility index (Phi) is 1.95. The molecule has 6 heteroatoms. The number of amides is 1. The van der Waals surface area contributed by atoms with Crippen LogP contribution in [0.1, 0.15) is 0 Å². The van der Waals surface area contributed by atoms with Crippen molar-refractivity contribution in [2.75, 3.05) is 0 Å². The Hall–Kier alpha value is -1.72. The lowest BCUT2D eigenvalue weighted by atomic mass is 10.6. The van der Waals surface area contributed by atoms with Crippen molar-refractivity contribution in [1.29, 1.82) is 0 Å². The van der Waals surface area contributed by atoms with Gasteiger partial charge >= 0.3 is 18.4 Å². The summed E-state index contributed by atoms with van der Waals surface area (Å²) in [5, 5.41) is 0. The van der Waals surface area contributed by atoms with E-state index in [0.29, 0.717) is 0 Å². The van der Waals surface area contributed by atoms with E-state index in [1.807, 2.05) is 0 Å². The van der Waals surface area contributed by atoms with E-state index in [0.717, 1.165) is 12.5 Å². The summed E-state index contributed by atoms with van der Waals surface area (Å²) in [6.45, 7) is 0. The Morgan fingerprint density at radius 2 is 1.91 bits per heavy atom. The van der Waals surface area contributed by atoms with Crippen LogP contribution < -0.4 is 5.73 Å². The topological polar surface area (TPSA) is 87.9 Å². The van der Waals surface area contributed by atoms with Crippen molar-refractivity contribution < 1.29 is 23.8 Å². The zero-order chi connectivity index (χ0) is 8.27. The zero-order valence-corrected chi connectivity index (χ0v) is 5.35. The van der Waals surface area contributed by atoms with Crippen LogP contribution in [0.5, 0.6) is 0 Å². The van der Waals surface area contributed by atoms with E-state index in [1.54, 1.807) is 0 Å². The molecule has 1 aliphatic heterocycles. The summed E-state index contributed by atoms with van der Waals surface area (Å²) in [4.78, 5) is 20.7. The molecule has 11 heavy (non-hydrogen) atoms. The number of carbonyl (C=O) groups excluding carboxylic acids is 2. The summed E-state index contributed by atoms with van der Waals surface area (Å²) in [6.07, 6.45) is -0.0728. The van der Waals surface area contributed by atoms with Gasteiger partial charge in [0, 0.05) is 0 Å². The van der Waals surface area contributed by atoms with Gasteiger partial charge in [0.1, 0.15) is 12.5 Å². The van der Waals surface area contributed by atoms with Crippen molar-refractivity contribution >= 4 is 12.1 Å². The molecule has 0 saturated carbocycles. The predicted molar refractivity (Wildman–Crippen MR) is 30.8 cm³/mol. The van der Waals surface area contributed by atoms with Gasteiger partial charge in [-0.2, -0.15) is 0 Å². The van der Waals surface area contributed by atoms with Crippen molar-refractivity contribution in [3.8, 4) is 0 Å². The maximum Gasteiger partial charge on any atom is 0.412 e. The van der Waals surface area contributed by atoms with Crippen molar-refractivity contribution in [3.63, 3.8) is 0 Å². The van der Waals surface area contributed by atoms with Crippen LogP contribution in [0.4, 0.5) is 4.79 Å². The maximum absolute atomic E-state index is 10.6. The summed E-state index contributed by atoms with van der Waals surface area (Å²) < 4.78 is 13.0. The van der Waals surface area contributed by atoms with Gasteiger partial charge in [0.2, 0.25) is 0 Å². The van der Waals surface area contributed by atoms with E-state index in [2.05, 4.69) is 19.9 Å². The number of carbonyl (C=O) groups is 2. The van der Waals surface area contributed by atoms with E-state index < -0.39 is 18.4 Å². The number of primary amides is 1. The van der Waals surface area contributed by atoms with Gasteiger partial charge in [0.25, 0.3) is 0 Å². The molecular formula is C5H5NO5. The molecule has 0 saturated heterocycles. The van der Waals surface area contributed by atoms with Crippen LogP contribution in [-0.2, 0) is 19.0 Å². The van der Waals surface area contributed by atoms with Crippen LogP contribution in [0.25, 0.3) is 0 Å². The minimum Gasteiger partial charge on any atom is -0.450 e. The largest absolute Gasteiger partial charge is 0.450 e. The molecule has 0 radical (unpaired) electrons. The summed E-state index contributed by atoms with van der Waals surface area (Å²) in [5.41, 5.74) is 4.55. The van der Waals surface area contributed by atoms with Gasteiger partial charge in [0.05, 0.1) is 0 Å². The third-order valence-electron chi connectivity index (χ3n) is 0.854. The van der Waals surface area contributed by atoms with E-state index in [9.17, 15) is 9.59 Å². The number of hydrogen-bond acceptors (Lipinski definition) is 5. The Balaban J connectivity index is 2.36. The Labute approximate surface area is 61.5 Å². The fourth-order valence-corrected chi connectivity index (χ4v) is 0.497. The van der Waals surface area contributed by atoms with Gasteiger partial charge in [-0.1, -0.05) is 0 Å². The lowest BCUT2D eigenvalue weighted by molar-refractivity contribution is -0.162. The molecule has 1 heterocycles. The first-order valence-corrected chi connectivity index (χ1v) is 2.67. The SMILES string of the molecule is NC(=O)OC(=O)C1OC=CO1. The monoisotopic (exact) mass is 159 g/mol. The molecule has 60 valence electrons. The Bertz CT molecular complexity index is 203. The second kappa shape index (κ2) is 2.91. The summed E-state index contributed by atoms with van der Waals surface area (Å²) in [6, 6.07) is 0. The predicted octanol–water partition coefficient (Wildman–Crippen LogP) is -0.548. The molecule has 1 amide bonds. The van der Waals surface area contributed by atoms with E-state index in [-0.39, 0.29) is 0 Å². The fourth-order valence-electron chi connectivity index (χ4n) is 0.497. The second-order valence-electron chi connectivity index (χ2n) is 1.62. The Morgan fingerprint density at radius 1 is 1.36 bits per heavy atom. The summed E-state index contributed by atoms with van der Waals surface area (Å²) in [7, 11) is 0. The van der Waals surface area contributed by atoms with E-state index in [1.165, 1.54) is 0 Å². The first kappa shape index (κ1) is 7.39. The molecule has 2 N–H and O–H groups in total. The molecule has 0 aliphatic carbocycles. The van der Waals surface area contributed by atoms with E-state index in [4.69, 9.17) is 0 Å². The molecular weight excluding hydrogens is 154 g/mol. The highest BCUT2D eigenvalue weighted by atomic mass is 16.7. The number of hydrogen-bond donors (Lipinski definition) is 1. The first-order valence-electron chi connectivity index (χ1n) is 2.67. The highest BCUT2D eigenvalue weighted by molar-refractivity contribution is 5.85. The summed E-state index contributed by atoms with van der Waals surface area (Å²) >= 11 is 0. The normalized spacial score (nSPS) is 15.3. The van der Waals surface area contributed by atoms with E-state index >= 15 is 0 Å². The highest BCUT2D eigenvalue weighted by Crippen LogP contribution is 2.06. The third kappa shape index (κ3) is 1.85. The lowest BCUT2D eigenvalue weighted by Crippen LogP contribution is -2.28. The molecule has 0 spiro atoms. The lowest BCUT2D eigenvalue weighted by Gasteiger charge is -2.05. The number of esters is 1. The molecule has 0 aromatic carbocycles. The van der Waals surface area contributed by atoms with Crippen molar-refractivity contribution in [3.05, 3.63) is 12.5 Å². The van der Waals surface area contributed by atoms with Crippen molar-refractivity contribution in [2.45, 2.75) is 6.29 Å². The molecule has 6 nitrogen and oxygen atoms in total. The molecule has 1 aliphatic rings. The zero-order valence-electron chi connectivity index (χ0n) is 5.35. The van der Waals surface area contributed by atoms with Crippen LogP contribution in [0.15, 0.2) is 12.5 Å². The van der Waals surface area contributed by atoms with Crippen LogP contribution in [-0.4, -0.2) is 18.4 Å². The third-order valence-corrected chi connectivity index (χ3v) is 0.854. The quantitative estimate of drug-likeness (QED) is 0.409. The first-order chi connectivity index (χ1) is 5.20. The molecule has 0 atom stereocenters. The molecule has 0 fully saturated rings. The van der Waals surface area contributed by atoms with Gasteiger partial charge in [-0.15, -0.1) is 0 Å². The van der Waals surface area contributed by atoms with Gasteiger partial charge in [-0.05, 0) is 0 Å².